The number of nitrogens with zero attached hydrogens (tertiary/aromatic N) is 1. The van der Waals surface area contributed by atoms with Gasteiger partial charge in [0, 0.05) is 30.5 Å². The second-order valence-corrected chi connectivity index (χ2v) is 4.21. The predicted octanol–water partition coefficient (Wildman–Crippen LogP) is 0.824. The monoisotopic (exact) mass is 196 g/mol. The molecule has 4 heteroatoms. The summed E-state index contributed by atoms with van der Waals surface area (Å²) in [7, 11) is 1.70. The van der Waals surface area contributed by atoms with Gasteiger partial charge in [0.15, 0.2) is 0 Å². The van der Waals surface area contributed by atoms with Gasteiger partial charge in [-0.3, -0.25) is 9.79 Å². The van der Waals surface area contributed by atoms with E-state index in [4.69, 9.17) is 0 Å². The maximum Gasteiger partial charge on any atom is 0.227 e. The van der Waals surface area contributed by atoms with Crippen LogP contribution in [0.15, 0.2) is 15.5 Å². The van der Waals surface area contributed by atoms with Crippen molar-refractivity contribution in [3.8, 4) is 0 Å². The summed E-state index contributed by atoms with van der Waals surface area (Å²) in [5.41, 5.74) is 1.29. The molecule has 2 heterocycles. The Balaban J connectivity index is 2.21. The molecule has 0 spiro atoms. The SMILES string of the molecule is CNC(=O)C1CSC2=C1CCN=C2. The zero-order valence-corrected chi connectivity index (χ0v) is 8.36. The van der Waals surface area contributed by atoms with Crippen LogP contribution in [0.1, 0.15) is 6.42 Å². The van der Waals surface area contributed by atoms with Gasteiger partial charge in [0.25, 0.3) is 0 Å². The molecule has 0 radical (unpaired) electrons. The van der Waals surface area contributed by atoms with Gasteiger partial charge in [0.2, 0.25) is 5.91 Å². The number of hydrogen-bond acceptors (Lipinski definition) is 3. The van der Waals surface area contributed by atoms with E-state index < -0.39 is 0 Å². The fraction of sp³-hybridized carbons (Fsp3) is 0.556. The standard InChI is InChI=1S/C9H12N2OS/c1-10-9(12)7-5-13-8-4-11-3-2-6(7)8/h4,7H,2-3,5H2,1H3,(H,10,12). The van der Waals surface area contributed by atoms with Crippen molar-refractivity contribution < 1.29 is 4.79 Å². The molecule has 0 aromatic rings. The smallest absolute Gasteiger partial charge is 0.227 e. The van der Waals surface area contributed by atoms with Crippen molar-refractivity contribution in [1.29, 1.82) is 0 Å². The zero-order chi connectivity index (χ0) is 9.26. The second-order valence-electron chi connectivity index (χ2n) is 3.15. The molecule has 0 saturated heterocycles. The van der Waals surface area contributed by atoms with E-state index in [2.05, 4.69) is 10.3 Å². The first-order valence-corrected chi connectivity index (χ1v) is 5.38. The molecule has 0 bridgehead atoms. The van der Waals surface area contributed by atoms with E-state index in [-0.39, 0.29) is 11.8 Å². The number of carbonyl (C=O) groups excluding carboxylic acids is 1. The summed E-state index contributed by atoms with van der Waals surface area (Å²) in [5, 5.41) is 2.71. The van der Waals surface area contributed by atoms with Crippen LogP contribution >= 0.6 is 11.8 Å². The first-order chi connectivity index (χ1) is 6.33. The summed E-state index contributed by atoms with van der Waals surface area (Å²) in [6.45, 7) is 0.840. The minimum atomic E-state index is 0.0942. The Bertz CT molecular complexity index is 296. The fourth-order valence-electron chi connectivity index (χ4n) is 1.70. The largest absolute Gasteiger partial charge is 0.359 e. The van der Waals surface area contributed by atoms with Crippen molar-refractivity contribution in [2.24, 2.45) is 10.9 Å². The van der Waals surface area contributed by atoms with E-state index in [0.29, 0.717) is 0 Å². The van der Waals surface area contributed by atoms with E-state index in [1.165, 1.54) is 10.5 Å². The predicted molar refractivity (Wildman–Crippen MR) is 55.0 cm³/mol. The number of dihydropyridines is 1. The summed E-state index contributed by atoms with van der Waals surface area (Å²) in [4.78, 5) is 16.9. The number of thioether (sulfide) groups is 1. The lowest BCUT2D eigenvalue weighted by Crippen LogP contribution is -2.29. The van der Waals surface area contributed by atoms with E-state index >= 15 is 0 Å². The molecule has 70 valence electrons. The minimum absolute atomic E-state index is 0.0942. The Morgan fingerprint density at radius 1 is 1.77 bits per heavy atom. The van der Waals surface area contributed by atoms with Crippen LogP contribution in [0.4, 0.5) is 0 Å². The number of amides is 1. The molecular weight excluding hydrogens is 184 g/mol. The van der Waals surface area contributed by atoms with Crippen LogP contribution in [-0.2, 0) is 4.79 Å². The van der Waals surface area contributed by atoms with Crippen molar-refractivity contribution >= 4 is 23.9 Å². The van der Waals surface area contributed by atoms with Gasteiger partial charge in [-0.15, -0.1) is 11.8 Å². The van der Waals surface area contributed by atoms with Crippen molar-refractivity contribution in [1.82, 2.24) is 5.32 Å². The van der Waals surface area contributed by atoms with Crippen LogP contribution in [0.25, 0.3) is 0 Å². The Morgan fingerprint density at radius 3 is 3.38 bits per heavy atom. The summed E-state index contributed by atoms with van der Waals surface area (Å²) in [5.74, 6) is 1.13. The van der Waals surface area contributed by atoms with Crippen molar-refractivity contribution in [3.05, 3.63) is 10.5 Å². The van der Waals surface area contributed by atoms with Crippen LogP contribution in [0.2, 0.25) is 0 Å². The molecule has 0 aromatic heterocycles. The molecule has 2 aliphatic rings. The lowest BCUT2D eigenvalue weighted by molar-refractivity contribution is -0.122. The van der Waals surface area contributed by atoms with Gasteiger partial charge in [-0.05, 0) is 12.0 Å². The highest BCUT2D eigenvalue weighted by atomic mass is 32.2. The molecule has 2 rings (SSSR count). The van der Waals surface area contributed by atoms with Crippen molar-refractivity contribution in [2.45, 2.75) is 6.42 Å². The molecule has 1 atom stereocenters. The summed E-state index contributed by atoms with van der Waals surface area (Å²) in [6.07, 6.45) is 2.86. The quantitative estimate of drug-likeness (QED) is 0.674. The van der Waals surface area contributed by atoms with Crippen molar-refractivity contribution in [2.75, 3.05) is 19.3 Å². The highest BCUT2D eigenvalue weighted by molar-refractivity contribution is 8.04. The van der Waals surface area contributed by atoms with Gasteiger partial charge in [-0.25, -0.2) is 0 Å². The summed E-state index contributed by atoms with van der Waals surface area (Å²) < 4.78 is 0. The van der Waals surface area contributed by atoms with E-state index in [1.54, 1.807) is 18.8 Å². The van der Waals surface area contributed by atoms with E-state index in [9.17, 15) is 4.79 Å². The molecular formula is C9H12N2OS. The Morgan fingerprint density at radius 2 is 2.62 bits per heavy atom. The van der Waals surface area contributed by atoms with Crippen LogP contribution in [0.3, 0.4) is 0 Å². The molecule has 1 N–H and O–H groups in total. The molecule has 0 aliphatic carbocycles. The number of rotatable bonds is 1. The van der Waals surface area contributed by atoms with E-state index in [0.717, 1.165) is 18.7 Å². The van der Waals surface area contributed by atoms with Gasteiger partial charge in [0.05, 0.1) is 5.92 Å². The number of hydrogen-bond donors (Lipinski definition) is 1. The summed E-state index contributed by atoms with van der Waals surface area (Å²) in [6, 6.07) is 0. The van der Waals surface area contributed by atoms with E-state index in [1.807, 2.05) is 6.21 Å². The zero-order valence-electron chi connectivity index (χ0n) is 7.54. The third kappa shape index (κ3) is 1.50. The maximum absolute atomic E-state index is 11.5. The average molecular weight is 196 g/mol. The Labute approximate surface area is 81.7 Å². The molecule has 1 amide bonds. The molecule has 3 nitrogen and oxygen atoms in total. The highest BCUT2D eigenvalue weighted by Crippen LogP contribution is 2.38. The topological polar surface area (TPSA) is 41.5 Å². The number of allylic oxidation sites excluding steroid dienone is 1. The number of nitrogens with one attached hydrogen (secondary N) is 1. The second kappa shape index (κ2) is 3.54. The molecule has 13 heavy (non-hydrogen) atoms. The van der Waals surface area contributed by atoms with Gasteiger partial charge in [-0.1, -0.05) is 0 Å². The number of aliphatic imine (C=N–C) groups is 1. The van der Waals surface area contributed by atoms with Gasteiger partial charge >= 0.3 is 0 Å². The van der Waals surface area contributed by atoms with Gasteiger partial charge in [0.1, 0.15) is 0 Å². The first kappa shape index (κ1) is 8.81. The molecule has 1 unspecified atom stereocenters. The first-order valence-electron chi connectivity index (χ1n) is 4.40. The van der Waals surface area contributed by atoms with Crippen LogP contribution in [0.5, 0.6) is 0 Å². The van der Waals surface area contributed by atoms with Gasteiger partial charge < -0.3 is 5.32 Å². The van der Waals surface area contributed by atoms with Gasteiger partial charge in [-0.2, -0.15) is 0 Å². The fourth-order valence-corrected chi connectivity index (χ4v) is 2.97. The average Bonchev–Trinajstić information content (AvgIpc) is 2.60. The molecule has 0 saturated carbocycles. The summed E-state index contributed by atoms with van der Waals surface area (Å²) >= 11 is 1.75. The molecule has 2 aliphatic heterocycles. The Hall–Kier alpha value is -0.770. The Kier molecular flexibility index (Phi) is 2.40. The number of carbonyl (C=O) groups is 1. The molecule has 0 fully saturated rings. The molecule has 0 aromatic carbocycles. The third-order valence-electron chi connectivity index (χ3n) is 2.42. The van der Waals surface area contributed by atoms with Crippen molar-refractivity contribution in [3.63, 3.8) is 0 Å². The lowest BCUT2D eigenvalue weighted by atomic mass is 9.96. The maximum atomic E-state index is 11.5. The van der Waals surface area contributed by atoms with Crippen LogP contribution in [-0.4, -0.2) is 31.5 Å². The van der Waals surface area contributed by atoms with Crippen LogP contribution < -0.4 is 5.32 Å². The third-order valence-corrected chi connectivity index (χ3v) is 3.60. The normalized spacial score (nSPS) is 26.1. The highest BCUT2D eigenvalue weighted by Gasteiger charge is 2.31. The lowest BCUT2D eigenvalue weighted by Gasteiger charge is -2.13. The minimum Gasteiger partial charge on any atom is -0.359 e. The van der Waals surface area contributed by atoms with Crippen LogP contribution in [0, 0.1) is 5.92 Å².